The number of carbonyl (C=O) groups excluding carboxylic acids is 2. The van der Waals surface area contributed by atoms with Crippen molar-refractivity contribution in [2.24, 2.45) is 5.73 Å². The van der Waals surface area contributed by atoms with Crippen molar-refractivity contribution in [1.82, 2.24) is 14.8 Å². The maximum atomic E-state index is 14.2. The highest BCUT2D eigenvalue weighted by Crippen LogP contribution is 2.33. The molecule has 6 nitrogen and oxygen atoms in total. The van der Waals surface area contributed by atoms with Crippen LogP contribution < -0.4 is 5.73 Å². The van der Waals surface area contributed by atoms with E-state index in [-0.39, 0.29) is 30.7 Å². The van der Waals surface area contributed by atoms with Crippen LogP contribution in [0, 0.1) is 17.5 Å². The second-order valence-electron chi connectivity index (χ2n) is 9.90. The summed E-state index contributed by atoms with van der Waals surface area (Å²) in [5.41, 5.74) is 9.21. The molecule has 1 aliphatic carbocycles. The highest BCUT2D eigenvalue weighted by Gasteiger charge is 2.24. The van der Waals surface area contributed by atoms with E-state index in [4.69, 9.17) is 5.73 Å². The van der Waals surface area contributed by atoms with Gasteiger partial charge in [0.05, 0.1) is 24.0 Å². The lowest BCUT2D eigenvalue weighted by molar-refractivity contribution is -0.120. The summed E-state index contributed by atoms with van der Waals surface area (Å²) >= 11 is 0. The van der Waals surface area contributed by atoms with Crippen LogP contribution in [-0.4, -0.2) is 26.5 Å². The van der Waals surface area contributed by atoms with Crippen LogP contribution in [0.25, 0.3) is 11.1 Å². The number of fused-ring (bicyclic) bond motifs is 1. The number of rotatable bonds is 9. The van der Waals surface area contributed by atoms with Gasteiger partial charge in [-0.25, -0.2) is 13.2 Å². The summed E-state index contributed by atoms with van der Waals surface area (Å²) in [6.45, 7) is 0.0773. The lowest BCUT2D eigenvalue weighted by atomic mass is 9.86. The number of pyridine rings is 1. The summed E-state index contributed by atoms with van der Waals surface area (Å²) in [6.07, 6.45) is 7.49. The van der Waals surface area contributed by atoms with Gasteiger partial charge in [0, 0.05) is 35.9 Å². The molecule has 0 aliphatic heterocycles. The van der Waals surface area contributed by atoms with E-state index < -0.39 is 29.3 Å². The van der Waals surface area contributed by atoms with E-state index in [1.54, 1.807) is 23.0 Å². The molecule has 1 aliphatic rings. The smallest absolute Gasteiger partial charge is 0.251 e. The normalized spacial score (nSPS) is 13.6. The molecular weight excluding hydrogens is 505 g/mol. The lowest BCUT2D eigenvalue weighted by Crippen LogP contribution is -2.19. The SMILES string of the molecule is NC(=O)c1cc(-c2cccnc2[C@@H](CC(=O)Cn2ncc3c2CCCC3)Cc2cc(F)cc(F)c2)ccc1F. The molecule has 0 unspecified atom stereocenters. The van der Waals surface area contributed by atoms with Crippen LogP contribution in [0.3, 0.4) is 0 Å². The Balaban J connectivity index is 1.51. The summed E-state index contributed by atoms with van der Waals surface area (Å²) < 4.78 is 44.0. The average molecular weight is 533 g/mol. The Morgan fingerprint density at radius 3 is 2.54 bits per heavy atom. The van der Waals surface area contributed by atoms with Gasteiger partial charge in [0.2, 0.25) is 0 Å². The molecule has 5 rings (SSSR count). The quantitative estimate of drug-likeness (QED) is 0.316. The molecular formula is C30H27F3N4O2. The molecule has 2 heterocycles. The third-order valence-electron chi connectivity index (χ3n) is 7.12. The topological polar surface area (TPSA) is 90.9 Å². The van der Waals surface area contributed by atoms with Crippen molar-refractivity contribution in [2.45, 2.75) is 51.0 Å². The zero-order chi connectivity index (χ0) is 27.5. The van der Waals surface area contributed by atoms with Gasteiger partial charge in [-0.3, -0.25) is 19.3 Å². The minimum Gasteiger partial charge on any atom is -0.366 e. The van der Waals surface area contributed by atoms with E-state index in [1.165, 1.54) is 24.3 Å². The van der Waals surface area contributed by atoms with Crippen LogP contribution >= 0.6 is 0 Å². The summed E-state index contributed by atoms with van der Waals surface area (Å²) in [6, 6.07) is 10.7. The fourth-order valence-corrected chi connectivity index (χ4v) is 5.35. The van der Waals surface area contributed by atoms with E-state index in [0.717, 1.165) is 49.1 Å². The minimum absolute atomic E-state index is 0.0284. The Morgan fingerprint density at radius 2 is 1.77 bits per heavy atom. The molecule has 1 amide bonds. The first-order chi connectivity index (χ1) is 18.8. The fraction of sp³-hybridized carbons (Fsp3) is 0.267. The van der Waals surface area contributed by atoms with E-state index in [9.17, 15) is 22.8 Å². The Hall–Kier alpha value is -4.27. The molecule has 0 fully saturated rings. The Labute approximate surface area is 223 Å². The Morgan fingerprint density at radius 1 is 1.00 bits per heavy atom. The van der Waals surface area contributed by atoms with Crippen molar-refractivity contribution in [3.63, 3.8) is 0 Å². The van der Waals surface area contributed by atoms with E-state index in [1.807, 2.05) is 6.20 Å². The summed E-state index contributed by atoms with van der Waals surface area (Å²) in [5.74, 6) is -3.77. The van der Waals surface area contributed by atoms with Crippen LogP contribution in [0.2, 0.25) is 0 Å². The Bertz CT molecular complexity index is 1530. The number of hydrogen-bond acceptors (Lipinski definition) is 4. The molecule has 200 valence electrons. The van der Waals surface area contributed by atoms with Crippen molar-refractivity contribution < 1.29 is 22.8 Å². The number of benzene rings is 2. The molecule has 2 aromatic heterocycles. The van der Waals surface area contributed by atoms with Crippen LogP contribution in [0.1, 0.15) is 58.1 Å². The number of amides is 1. The molecule has 0 bridgehead atoms. The highest BCUT2D eigenvalue weighted by molar-refractivity contribution is 5.94. The maximum absolute atomic E-state index is 14.2. The van der Waals surface area contributed by atoms with Gasteiger partial charge in [0.1, 0.15) is 17.5 Å². The number of hydrogen-bond donors (Lipinski definition) is 1. The first-order valence-electron chi connectivity index (χ1n) is 12.8. The monoisotopic (exact) mass is 532 g/mol. The molecule has 0 spiro atoms. The lowest BCUT2D eigenvalue weighted by Gasteiger charge is -2.20. The molecule has 39 heavy (non-hydrogen) atoms. The van der Waals surface area contributed by atoms with Gasteiger partial charge in [-0.1, -0.05) is 12.1 Å². The van der Waals surface area contributed by atoms with Gasteiger partial charge in [-0.05, 0) is 79.1 Å². The molecule has 4 aromatic rings. The van der Waals surface area contributed by atoms with Crippen LogP contribution in [0.4, 0.5) is 13.2 Å². The summed E-state index contributed by atoms with van der Waals surface area (Å²) in [7, 11) is 0. The largest absolute Gasteiger partial charge is 0.366 e. The third kappa shape index (κ3) is 5.92. The molecule has 2 aromatic carbocycles. The summed E-state index contributed by atoms with van der Waals surface area (Å²) in [4.78, 5) is 29.7. The highest BCUT2D eigenvalue weighted by atomic mass is 19.1. The van der Waals surface area contributed by atoms with Crippen LogP contribution in [-0.2, 0) is 30.6 Å². The number of nitrogens with two attached hydrogens (primary N) is 1. The number of nitrogens with zero attached hydrogens (tertiary/aromatic N) is 3. The van der Waals surface area contributed by atoms with Crippen molar-refractivity contribution >= 4 is 11.7 Å². The van der Waals surface area contributed by atoms with Gasteiger partial charge < -0.3 is 5.73 Å². The van der Waals surface area contributed by atoms with Crippen LogP contribution in [0.15, 0.2) is 60.9 Å². The number of primary amides is 1. The second kappa shape index (κ2) is 11.2. The summed E-state index contributed by atoms with van der Waals surface area (Å²) in [5, 5.41) is 4.43. The number of Topliss-reactive ketones (excluding diaryl/α,β-unsaturated/α-hetero) is 1. The number of carbonyl (C=O) groups is 2. The maximum Gasteiger partial charge on any atom is 0.251 e. The van der Waals surface area contributed by atoms with E-state index in [0.29, 0.717) is 22.4 Å². The van der Waals surface area contributed by atoms with Gasteiger partial charge in [-0.15, -0.1) is 0 Å². The number of halogens is 3. The molecule has 0 saturated heterocycles. The minimum atomic E-state index is -0.913. The first kappa shape index (κ1) is 26.3. The van der Waals surface area contributed by atoms with Gasteiger partial charge in [0.15, 0.2) is 5.78 Å². The first-order valence-corrected chi connectivity index (χ1v) is 12.8. The van der Waals surface area contributed by atoms with E-state index >= 15 is 0 Å². The number of aromatic nitrogens is 3. The molecule has 2 N–H and O–H groups in total. The zero-order valence-electron chi connectivity index (χ0n) is 21.2. The number of aryl methyl sites for hydroxylation is 1. The Kier molecular flexibility index (Phi) is 7.58. The van der Waals surface area contributed by atoms with Crippen molar-refractivity contribution in [3.8, 4) is 11.1 Å². The number of ketones is 1. The second-order valence-corrected chi connectivity index (χ2v) is 9.90. The molecule has 1 atom stereocenters. The van der Waals surface area contributed by atoms with Crippen molar-refractivity contribution in [1.29, 1.82) is 0 Å². The van der Waals surface area contributed by atoms with Gasteiger partial charge in [-0.2, -0.15) is 5.10 Å². The fourth-order valence-electron chi connectivity index (χ4n) is 5.35. The molecule has 0 saturated carbocycles. The van der Waals surface area contributed by atoms with Crippen molar-refractivity contribution in [2.75, 3.05) is 0 Å². The van der Waals surface area contributed by atoms with Gasteiger partial charge >= 0.3 is 0 Å². The van der Waals surface area contributed by atoms with Gasteiger partial charge in [0.25, 0.3) is 5.91 Å². The standard InChI is InChI=1S/C30H27F3N4O2/c31-22-11-18(12-23(32)15-22)10-21(13-24(38)17-37-28-6-2-1-4-20(28)16-36-37)29-25(5-3-9-35-29)19-7-8-27(33)26(14-19)30(34)39/h3,5,7-9,11-12,14-16,21H,1-2,4,6,10,13,17H2,(H2,34,39)/t21-/m1/s1. The third-order valence-corrected chi connectivity index (χ3v) is 7.12. The van der Waals surface area contributed by atoms with Crippen LogP contribution in [0.5, 0.6) is 0 Å². The molecule has 0 radical (unpaired) electrons. The van der Waals surface area contributed by atoms with E-state index in [2.05, 4.69) is 10.1 Å². The molecule has 9 heteroatoms. The average Bonchev–Trinajstić information content (AvgIpc) is 3.30. The van der Waals surface area contributed by atoms with Crippen molar-refractivity contribution in [3.05, 3.63) is 106 Å². The predicted octanol–water partition coefficient (Wildman–Crippen LogP) is 5.33. The predicted molar refractivity (Wildman–Crippen MR) is 139 cm³/mol. The zero-order valence-corrected chi connectivity index (χ0v) is 21.2.